The number of carboxylic acid groups (broad SMARTS) is 1. The summed E-state index contributed by atoms with van der Waals surface area (Å²) in [6.07, 6.45) is 2.89. The molecule has 2 rings (SSSR count). The number of aliphatic carboxylic acids is 1. The van der Waals surface area contributed by atoms with E-state index in [1.165, 1.54) is 11.1 Å². The third-order valence-electron chi connectivity index (χ3n) is 3.97. The molecule has 0 aliphatic carbocycles. The average Bonchev–Trinajstić information content (AvgIpc) is 2.38. The minimum atomic E-state index is -0.685. The van der Waals surface area contributed by atoms with Gasteiger partial charge in [0.15, 0.2) is 0 Å². The molecule has 1 aromatic rings. The Morgan fingerprint density at radius 3 is 2.78 bits per heavy atom. The normalized spacial score (nSPS) is 22.7. The lowest BCUT2D eigenvalue weighted by Gasteiger charge is -2.38. The number of aryl methyl sites for hydroxylation is 1. The molecule has 1 fully saturated rings. The third-order valence-corrected chi connectivity index (χ3v) is 3.97. The van der Waals surface area contributed by atoms with Crippen molar-refractivity contribution in [3.8, 4) is 0 Å². The second kappa shape index (κ2) is 5.53. The van der Waals surface area contributed by atoms with E-state index >= 15 is 0 Å². The van der Waals surface area contributed by atoms with Crippen molar-refractivity contribution in [2.75, 3.05) is 6.54 Å². The van der Waals surface area contributed by atoms with E-state index in [0.29, 0.717) is 0 Å². The van der Waals surface area contributed by atoms with Gasteiger partial charge in [-0.05, 0) is 44.4 Å². The van der Waals surface area contributed by atoms with Gasteiger partial charge in [0, 0.05) is 6.04 Å². The van der Waals surface area contributed by atoms with Gasteiger partial charge in [0.2, 0.25) is 0 Å². The van der Waals surface area contributed by atoms with Crippen LogP contribution in [-0.4, -0.2) is 28.6 Å². The molecule has 0 aromatic heterocycles. The summed E-state index contributed by atoms with van der Waals surface area (Å²) in [6.45, 7) is 5.08. The Bertz CT molecular complexity index is 430. The van der Waals surface area contributed by atoms with Gasteiger partial charge >= 0.3 is 5.97 Å². The summed E-state index contributed by atoms with van der Waals surface area (Å²) in [4.78, 5) is 13.5. The van der Waals surface area contributed by atoms with E-state index in [4.69, 9.17) is 0 Å². The van der Waals surface area contributed by atoms with Gasteiger partial charge in [0.1, 0.15) is 6.04 Å². The number of hydrogen-bond donors (Lipinski definition) is 1. The lowest BCUT2D eigenvalue weighted by Crippen LogP contribution is -2.45. The molecule has 0 spiro atoms. The molecule has 3 heteroatoms. The van der Waals surface area contributed by atoms with Crippen molar-refractivity contribution in [1.82, 2.24) is 4.90 Å². The minimum absolute atomic E-state index is 0.174. The Morgan fingerprint density at radius 1 is 1.39 bits per heavy atom. The largest absolute Gasteiger partial charge is 0.480 e. The van der Waals surface area contributed by atoms with Crippen LogP contribution < -0.4 is 0 Å². The summed E-state index contributed by atoms with van der Waals surface area (Å²) in [6, 6.07) is 8.09. The molecule has 0 amide bonds. The Balaban J connectivity index is 2.23. The van der Waals surface area contributed by atoms with E-state index in [1.54, 1.807) is 0 Å². The van der Waals surface area contributed by atoms with Gasteiger partial charge in [-0.2, -0.15) is 0 Å². The zero-order chi connectivity index (χ0) is 13.1. The van der Waals surface area contributed by atoms with Crippen LogP contribution in [0.5, 0.6) is 0 Å². The fourth-order valence-electron chi connectivity index (χ4n) is 2.92. The standard InChI is InChI=1S/C15H21NO2/c1-11-7-3-4-8-13(11)12(2)16-10-6-5-9-14(16)15(17)18/h3-4,7-8,12,14H,5-6,9-10H2,1-2H3,(H,17,18). The van der Waals surface area contributed by atoms with Crippen LogP contribution in [0.25, 0.3) is 0 Å². The summed E-state index contributed by atoms with van der Waals surface area (Å²) < 4.78 is 0. The first kappa shape index (κ1) is 13.1. The lowest BCUT2D eigenvalue weighted by molar-refractivity contribution is -0.145. The number of likely N-dealkylation sites (tertiary alicyclic amines) is 1. The monoisotopic (exact) mass is 247 g/mol. The molecule has 3 nitrogen and oxygen atoms in total. The van der Waals surface area contributed by atoms with E-state index < -0.39 is 5.97 Å². The summed E-state index contributed by atoms with van der Waals surface area (Å²) in [7, 11) is 0. The summed E-state index contributed by atoms with van der Waals surface area (Å²) in [5.74, 6) is -0.685. The number of piperidine rings is 1. The van der Waals surface area contributed by atoms with Crippen LogP contribution >= 0.6 is 0 Å². The van der Waals surface area contributed by atoms with Crippen molar-refractivity contribution in [3.05, 3.63) is 35.4 Å². The van der Waals surface area contributed by atoms with Gasteiger partial charge in [-0.15, -0.1) is 0 Å². The summed E-state index contributed by atoms with van der Waals surface area (Å²) in [5, 5.41) is 9.33. The first-order valence-corrected chi connectivity index (χ1v) is 6.65. The van der Waals surface area contributed by atoms with E-state index in [9.17, 15) is 9.90 Å². The first-order valence-electron chi connectivity index (χ1n) is 6.65. The van der Waals surface area contributed by atoms with E-state index in [2.05, 4.69) is 30.9 Å². The summed E-state index contributed by atoms with van der Waals surface area (Å²) >= 11 is 0. The van der Waals surface area contributed by atoms with E-state index in [1.807, 2.05) is 12.1 Å². The van der Waals surface area contributed by atoms with Crippen molar-refractivity contribution in [2.45, 2.75) is 45.2 Å². The zero-order valence-electron chi connectivity index (χ0n) is 11.1. The van der Waals surface area contributed by atoms with Crippen LogP contribution in [0.15, 0.2) is 24.3 Å². The van der Waals surface area contributed by atoms with Crippen LogP contribution in [0.1, 0.15) is 43.4 Å². The maximum atomic E-state index is 11.3. The number of carbonyl (C=O) groups is 1. The predicted octanol–water partition coefficient (Wildman–Crippen LogP) is 3.00. The highest BCUT2D eigenvalue weighted by molar-refractivity contribution is 5.73. The SMILES string of the molecule is Cc1ccccc1C(C)N1CCCCC1C(=O)O. The number of benzene rings is 1. The molecule has 1 saturated heterocycles. The molecule has 1 aliphatic rings. The Labute approximate surface area is 108 Å². The fourth-order valence-corrected chi connectivity index (χ4v) is 2.92. The molecular formula is C15H21NO2. The maximum Gasteiger partial charge on any atom is 0.320 e. The predicted molar refractivity (Wildman–Crippen MR) is 71.6 cm³/mol. The zero-order valence-corrected chi connectivity index (χ0v) is 11.1. The van der Waals surface area contributed by atoms with Gasteiger partial charge in [0.05, 0.1) is 0 Å². The molecular weight excluding hydrogens is 226 g/mol. The molecule has 98 valence electrons. The molecule has 1 heterocycles. The first-order chi connectivity index (χ1) is 8.61. The molecule has 1 aliphatic heterocycles. The Kier molecular flexibility index (Phi) is 4.02. The van der Waals surface area contributed by atoms with E-state index in [0.717, 1.165) is 25.8 Å². The molecule has 0 radical (unpaired) electrons. The van der Waals surface area contributed by atoms with Gasteiger partial charge in [0.25, 0.3) is 0 Å². The number of nitrogens with zero attached hydrogens (tertiary/aromatic N) is 1. The highest BCUT2D eigenvalue weighted by atomic mass is 16.4. The Morgan fingerprint density at radius 2 is 2.11 bits per heavy atom. The topological polar surface area (TPSA) is 40.5 Å². The second-order valence-corrected chi connectivity index (χ2v) is 5.12. The van der Waals surface area contributed by atoms with Gasteiger partial charge in [-0.25, -0.2) is 0 Å². The number of carboxylic acids is 1. The van der Waals surface area contributed by atoms with Gasteiger partial charge in [-0.1, -0.05) is 30.7 Å². The van der Waals surface area contributed by atoms with Crippen molar-refractivity contribution in [2.24, 2.45) is 0 Å². The van der Waals surface area contributed by atoms with Crippen LogP contribution in [-0.2, 0) is 4.79 Å². The lowest BCUT2D eigenvalue weighted by atomic mass is 9.95. The van der Waals surface area contributed by atoms with Crippen LogP contribution in [0.3, 0.4) is 0 Å². The van der Waals surface area contributed by atoms with Crippen LogP contribution in [0, 0.1) is 6.92 Å². The van der Waals surface area contributed by atoms with Crippen LogP contribution in [0.2, 0.25) is 0 Å². The van der Waals surface area contributed by atoms with Crippen molar-refractivity contribution in [3.63, 3.8) is 0 Å². The highest BCUT2D eigenvalue weighted by Crippen LogP contribution is 2.29. The maximum absolute atomic E-state index is 11.3. The number of hydrogen-bond acceptors (Lipinski definition) is 2. The fraction of sp³-hybridized carbons (Fsp3) is 0.533. The highest BCUT2D eigenvalue weighted by Gasteiger charge is 2.32. The van der Waals surface area contributed by atoms with Crippen molar-refractivity contribution in [1.29, 1.82) is 0 Å². The minimum Gasteiger partial charge on any atom is -0.480 e. The third kappa shape index (κ3) is 2.56. The second-order valence-electron chi connectivity index (χ2n) is 5.12. The smallest absolute Gasteiger partial charge is 0.320 e. The molecule has 1 aromatic carbocycles. The molecule has 2 unspecified atom stereocenters. The van der Waals surface area contributed by atoms with E-state index in [-0.39, 0.29) is 12.1 Å². The molecule has 18 heavy (non-hydrogen) atoms. The molecule has 0 saturated carbocycles. The molecule has 0 bridgehead atoms. The Hall–Kier alpha value is -1.35. The summed E-state index contributed by atoms with van der Waals surface area (Å²) in [5.41, 5.74) is 2.48. The number of rotatable bonds is 3. The van der Waals surface area contributed by atoms with Crippen molar-refractivity contribution >= 4 is 5.97 Å². The van der Waals surface area contributed by atoms with Crippen LogP contribution in [0.4, 0.5) is 0 Å². The van der Waals surface area contributed by atoms with Gasteiger partial charge < -0.3 is 5.11 Å². The molecule has 2 atom stereocenters. The van der Waals surface area contributed by atoms with Crippen molar-refractivity contribution < 1.29 is 9.90 Å². The average molecular weight is 247 g/mol. The van der Waals surface area contributed by atoms with Gasteiger partial charge in [-0.3, -0.25) is 9.69 Å². The molecule has 1 N–H and O–H groups in total. The quantitative estimate of drug-likeness (QED) is 0.892.